The molecule has 6 heteroatoms. The summed E-state index contributed by atoms with van der Waals surface area (Å²) in [5.41, 5.74) is 20.8. The Balaban J connectivity index is 0.805. The molecule has 0 aliphatic heterocycles. The van der Waals surface area contributed by atoms with Crippen molar-refractivity contribution in [2.75, 3.05) is 0 Å². The number of benzene rings is 13. The molecule has 0 atom stereocenters. The van der Waals surface area contributed by atoms with Crippen LogP contribution in [0.4, 0.5) is 0 Å². The van der Waals surface area contributed by atoms with Gasteiger partial charge in [-0.25, -0.2) is 0 Å². The lowest BCUT2D eigenvalue weighted by Gasteiger charge is -2.14. The lowest BCUT2D eigenvalue weighted by Crippen LogP contribution is -1.99. The molecule has 6 nitrogen and oxygen atoms in total. The average molecular weight is 1070 g/mol. The highest BCUT2D eigenvalue weighted by molar-refractivity contribution is 6.26. The SMILES string of the molecule is c1cc(-n2c3ccccc3c3ccccc32)cc(-n2c3ccccc3c3cc4c(cc32)c2ccccc2n4-c2cccc(-n3c4ccccc4c4c3ccc3c5ccccc5n(-c5cccc(-n6c7ccccc7c7ccccc76)c5)c34)c2)c1. The van der Waals surface area contributed by atoms with Crippen molar-refractivity contribution < 1.29 is 0 Å². The molecular formula is C78H48N6. The third-order valence-corrected chi connectivity index (χ3v) is 18.1. The molecule has 13 aromatic carbocycles. The van der Waals surface area contributed by atoms with Crippen molar-refractivity contribution >= 4 is 131 Å². The number of hydrogen-bond acceptors (Lipinski definition) is 0. The molecule has 0 unspecified atom stereocenters. The molecule has 19 aromatic rings. The zero-order valence-corrected chi connectivity index (χ0v) is 45.4. The van der Waals surface area contributed by atoms with Gasteiger partial charge in [0, 0.05) is 98.8 Å². The first-order valence-electron chi connectivity index (χ1n) is 28.9. The van der Waals surface area contributed by atoms with E-state index < -0.39 is 0 Å². The minimum Gasteiger partial charge on any atom is -0.309 e. The molecule has 6 aromatic heterocycles. The van der Waals surface area contributed by atoms with Gasteiger partial charge in [0.05, 0.1) is 66.2 Å². The topological polar surface area (TPSA) is 29.6 Å². The lowest BCUT2D eigenvalue weighted by atomic mass is 10.1. The Hall–Kier alpha value is -11.3. The van der Waals surface area contributed by atoms with Crippen LogP contribution in [0.2, 0.25) is 0 Å². The third-order valence-electron chi connectivity index (χ3n) is 18.1. The number of hydrogen-bond donors (Lipinski definition) is 0. The fourth-order valence-corrected chi connectivity index (χ4v) is 14.8. The summed E-state index contributed by atoms with van der Waals surface area (Å²) in [6.07, 6.45) is 0. The van der Waals surface area contributed by atoms with Crippen molar-refractivity contribution in [3.8, 4) is 34.1 Å². The number of aromatic nitrogens is 6. The Bertz CT molecular complexity index is 5900. The van der Waals surface area contributed by atoms with E-state index in [2.05, 4.69) is 319 Å². The molecule has 6 heterocycles. The van der Waals surface area contributed by atoms with Crippen molar-refractivity contribution in [2.24, 2.45) is 0 Å². The summed E-state index contributed by atoms with van der Waals surface area (Å²) in [6, 6.07) is 108. The van der Waals surface area contributed by atoms with E-state index in [0.717, 1.165) is 50.7 Å². The van der Waals surface area contributed by atoms with Gasteiger partial charge in [0.25, 0.3) is 0 Å². The summed E-state index contributed by atoms with van der Waals surface area (Å²) < 4.78 is 14.8. The fourth-order valence-electron chi connectivity index (χ4n) is 14.8. The summed E-state index contributed by atoms with van der Waals surface area (Å²) >= 11 is 0. The second kappa shape index (κ2) is 17.1. The van der Waals surface area contributed by atoms with Crippen molar-refractivity contribution in [2.45, 2.75) is 0 Å². The number of rotatable bonds is 6. The molecule has 0 radical (unpaired) electrons. The zero-order valence-electron chi connectivity index (χ0n) is 45.4. The van der Waals surface area contributed by atoms with E-state index in [1.165, 1.54) is 114 Å². The molecule has 0 spiro atoms. The average Bonchev–Trinajstić information content (AvgIpc) is 1.92. The van der Waals surface area contributed by atoms with E-state index in [4.69, 9.17) is 0 Å². The molecule has 0 bridgehead atoms. The van der Waals surface area contributed by atoms with Crippen molar-refractivity contribution in [3.05, 3.63) is 291 Å². The predicted molar refractivity (Wildman–Crippen MR) is 352 cm³/mol. The third kappa shape index (κ3) is 6.17. The number of nitrogens with zero attached hydrogens (tertiary/aromatic N) is 6. The van der Waals surface area contributed by atoms with Crippen LogP contribution >= 0.6 is 0 Å². The van der Waals surface area contributed by atoms with Gasteiger partial charge in [-0.15, -0.1) is 0 Å². The van der Waals surface area contributed by atoms with Gasteiger partial charge in [-0.3, -0.25) is 0 Å². The van der Waals surface area contributed by atoms with Gasteiger partial charge >= 0.3 is 0 Å². The van der Waals surface area contributed by atoms with E-state index in [9.17, 15) is 0 Å². The standard InChI is InChI=1S/C78H48N6/c1-9-34-66-55(26-1)56-27-2-10-35-67(56)79(66)49-20-17-23-52(44-49)82-70-38-13-6-31-60(70)64-48-76-65(47-75(64)82)61-32-7-14-39-71(61)83(76)53-24-18-22-51(45-53)81-73-41-16-8-33-63(73)77-74(81)43-42-62-59-30-5-15-40-72(59)84(78(62)77)54-25-19-21-50(46-54)80-68-36-11-3-28-57(68)58-29-4-12-37-69(58)80/h1-48H. The summed E-state index contributed by atoms with van der Waals surface area (Å²) in [4.78, 5) is 0. The zero-order chi connectivity index (χ0) is 54.7. The van der Waals surface area contributed by atoms with Gasteiger partial charge in [0.2, 0.25) is 0 Å². The van der Waals surface area contributed by atoms with E-state index in [1.54, 1.807) is 0 Å². The molecular weight excluding hydrogens is 1020 g/mol. The molecule has 0 aliphatic carbocycles. The molecule has 390 valence electrons. The van der Waals surface area contributed by atoms with Crippen LogP contribution in [0.1, 0.15) is 0 Å². The summed E-state index contributed by atoms with van der Waals surface area (Å²) in [6.45, 7) is 0. The Morgan fingerprint density at radius 3 is 0.750 bits per heavy atom. The second-order valence-electron chi connectivity index (χ2n) is 22.5. The van der Waals surface area contributed by atoms with Crippen molar-refractivity contribution in [1.29, 1.82) is 0 Å². The maximum Gasteiger partial charge on any atom is 0.0641 e. The van der Waals surface area contributed by atoms with E-state index >= 15 is 0 Å². The van der Waals surface area contributed by atoms with Crippen LogP contribution < -0.4 is 0 Å². The fraction of sp³-hybridized carbons (Fsp3) is 0. The molecule has 84 heavy (non-hydrogen) atoms. The van der Waals surface area contributed by atoms with Gasteiger partial charge in [0.1, 0.15) is 0 Å². The summed E-state index contributed by atoms with van der Waals surface area (Å²) in [5.74, 6) is 0. The molecule has 0 saturated carbocycles. The Kier molecular flexibility index (Phi) is 9.24. The van der Waals surface area contributed by atoms with Crippen molar-refractivity contribution in [1.82, 2.24) is 27.4 Å². The highest BCUT2D eigenvalue weighted by Crippen LogP contribution is 2.45. The maximum absolute atomic E-state index is 2.51. The maximum atomic E-state index is 2.51. The monoisotopic (exact) mass is 1070 g/mol. The Morgan fingerprint density at radius 2 is 0.393 bits per heavy atom. The Morgan fingerprint density at radius 1 is 0.143 bits per heavy atom. The smallest absolute Gasteiger partial charge is 0.0641 e. The summed E-state index contributed by atoms with van der Waals surface area (Å²) in [7, 11) is 0. The van der Waals surface area contributed by atoms with Gasteiger partial charge in [0.15, 0.2) is 0 Å². The van der Waals surface area contributed by atoms with Gasteiger partial charge in [-0.2, -0.15) is 0 Å². The first kappa shape index (κ1) is 45.4. The summed E-state index contributed by atoms with van der Waals surface area (Å²) in [5, 5.41) is 14.8. The van der Waals surface area contributed by atoms with Crippen molar-refractivity contribution in [3.63, 3.8) is 0 Å². The Labute approximate surface area is 480 Å². The highest BCUT2D eigenvalue weighted by atomic mass is 15.1. The first-order chi connectivity index (χ1) is 41.7. The minimum atomic E-state index is 1.10. The molecule has 0 aliphatic rings. The van der Waals surface area contributed by atoms with Crippen LogP contribution in [0, 0.1) is 0 Å². The van der Waals surface area contributed by atoms with Crippen LogP contribution in [0.15, 0.2) is 291 Å². The lowest BCUT2D eigenvalue weighted by molar-refractivity contribution is 1.13. The van der Waals surface area contributed by atoms with Crippen LogP contribution in [-0.2, 0) is 0 Å². The first-order valence-corrected chi connectivity index (χ1v) is 28.9. The minimum absolute atomic E-state index is 1.10. The van der Waals surface area contributed by atoms with Crippen LogP contribution in [0.3, 0.4) is 0 Å². The van der Waals surface area contributed by atoms with Gasteiger partial charge in [-0.05, 0) is 121 Å². The normalized spacial score (nSPS) is 12.3. The molecule has 19 rings (SSSR count). The quantitative estimate of drug-likeness (QED) is 0.159. The van der Waals surface area contributed by atoms with E-state index in [-0.39, 0.29) is 0 Å². The predicted octanol–water partition coefficient (Wildman–Crippen LogP) is 20.3. The molecule has 0 amide bonds. The molecule has 0 saturated heterocycles. The van der Waals surface area contributed by atoms with E-state index in [0.29, 0.717) is 0 Å². The largest absolute Gasteiger partial charge is 0.309 e. The molecule has 0 fully saturated rings. The number of fused-ring (bicyclic) bond motifs is 19. The van der Waals surface area contributed by atoms with Gasteiger partial charge < -0.3 is 27.4 Å². The van der Waals surface area contributed by atoms with Crippen LogP contribution in [-0.4, -0.2) is 27.4 Å². The molecule has 0 N–H and O–H groups in total. The highest BCUT2D eigenvalue weighted by Gasteiger charge is 2.24. The number of para-hydroxylation sites is 8. The van der Waals surface area contributed by atoms with Crippen LogP contribution in [0.25, 0.3) is 165 Å². The van der Waals surface area contributed by atoms with E-state index in [1.807, 2.05) is 0 Å². The van der Waals surface area contributed by atoms with Crippen LogP contribution in [0.5, 0.6) is 0 Å². The van der Waals surface area contributed by atoms with Gasteiger partial charge in [-0.1, -0.05) is 170 Å². The second-order valence-corrected chi connectivity index (χ2v) is 22.5.